The van der Waals surface area contributed by atoms with Crippen LogP contribution < -0.4 is 0 Å². The van der Waals surface area contributed by atoms with E-state index < -0.39 is 4.84 Å². The summed E-state index contributed by atoms with van der Waals surface area (Å²) in [6.07, 6.45) is 1.56. The second-order valence-electron chi connectivity index (χ2n) is 1.70. The van der Waals surface area contributed by atoms with Gasteiger partial charge in [-0.15, -0.1) is 0 Å². The molecule has 1 heterocycles. The van der Waals surface area contributed by atoms with Gasteiger partial charge in [0.05, 0.1) is 5.69 Å². The van der Waals surface area contributed by atoms with Gasteiger partial charge in [0, 0.05) is 11.2 Å². The van der Waals surface area contributed by atoms with Gasteiger partial charge in [-0.3, -0.25) is 4.98 Å². The van der Waals surface area contributed by atoms with Gasteiger partial charge in [0.2, 0.25) is 0 Å². The second-order valence-corrected chi connectivity index (χ2v) is 3.23. The van der Waals surface area contributed by atoms with Crippen LogP contribution >= 0.6 is 34.8 Å². The number of hydrogen-bond donors (Lipinski definition) is 0. The van der Waals surface area contributed by atoms with Gasteiger partial charge in [0.1, 0.15) is 4.84 Å². The van der Waals surface area contributed by atoms with Crippen LogP contribution in [0.15, 0.2) is 18.3 Å². The van der Waals surface area contributed by atoms with Crippen molar-refractivity contribution >= 4 is 34.8 Å². The quantitative estimate of drug-likeness (QED) is 0.629. The molecule has 1 rings (SSSR count). The van der Waals surface area contributed by atoms with Crippen LogP contribution in [-0.2, 0) is 0 Å². The maximum absolute atomic E-state index is 5.63. The Morgan fingerprint density at radius 1 is 1.40 bits per heavy atom. The third-order valence-corrected chi connectivity index (χ3v) is 1.65. The highest BCUT2D eigenvalue weighted by atomic mass is 35.5. The Morgan fingerprint density at radius 3 is 2.50 bits per heavy atom. The minimum atomic E-state index is -0.598. The van der Waals surface area contributed by atoms with Gasteiger partial charge in [-0.05, 0) is 12.1 Å². The van der Waals surface area contributed by atoms with E-state index in [-0.39, 0.29) is 0 Å². The monoisotopic (exact) mass is 195 g/mol. The van der Waals surface area contributed by atoms with E-state index in [4.69, 9.17) is 34.8 Å². The molecule has 1 nitrogen and oxygen atoms in total. The molecule has 0 unspecified atom stereocenters. The lowest BCUT2D eigenvalue weighted by Gasteiger charge is -1.98. The van der Waals surface area contributed by atoms with Crippen molar-refractivity contribution < 1.29 is 0 Å². The third kappa shape index (κ3) is 2.01. The first kappa shape index (κ1) is 8.12. The standard InChI is InChI=1S/C6H4Cl3N/c7-4-1-2-10-5(3-4)6(8)9/h1-3,6H. The topological polar surface area (TPSA) is 12.9 Å². The molecule has 0 aliphatic carbocycles. The van der Waals surface area contributed by atoms with Crippen LogP contribution in [-0.4, -0.2) is 4.98 Å². The number of aromatic nitrogens is 1. The molecule has 0 saturated heterocycles. The van der Waals surface area contributed by atoms with Crippen molar-refractivity contribution in [2.24, 2.45) is 0 Å². The molecule has 54 valence electrons. The summed E-state index contributed by atoms with van der Waals surface area (Å²) in [6.45, 7) is 0. The number of nitrogens with zero attached hydrogens (tertiary/aromatic N) is 1. The smallest absolute Gasteiger partial charge is 0.149 e. The molecule has 0 bridgehead atoms. The van der Waals surface area contributed by atoms with E-state index in [1.165, 1.54) is 0 Å². The molecule has 0 radical (unpaired) electrons. The van der Waals surface area contributed by atoms with Gasteiger partial charge in [-0.25, -0.2) is 0 Å². The van der Waals surface area contributed by atoms with E-state index in [0.717, 1.165) is 0 Å². The average Bonchev–Trinajstić information content (AvgIpc) is 1.88. The molecule has 0 fully saturated rings. The first-order chi connectivity index (χ1) is 4.70. The molecule has 0 aromatic carbocycles. The summed E-state index contributed by atoms with van der Waals surface area (Å²) in [5, 5.41) is 0.594. The van der Waals surface area contributed by atoms with Gasteiger partial charge < -0.3 is 0 Å². The highest BCUT2D eigenvalue weighted by molar-refractivity contribution is 6.44. The van der Waals surface area contributed by atoms with Crippen LogP contribution in [0.5, 0.6) is 0 Å². The number of hydrogen-bond acceptors (Lipinski definition) is 1. The largest absolute Gasteiger partial charge is 0.258 e. The molecule has 0 aliphatic heterocycles. The number of halogens is 3. The van der Waals surface area contributed by atoms with Crippen LogP contribution in [0.3, 0.4) is 0 Å². The molecule has 0 spiro atoms. The Labute approximate surface area is 73.9 Å². The lowest BCUT2D eigenvalue weighted by atomic mass is 10.4. The molecule has 0 atom stereocenters. The van der Waals surface area contributed by atoms with Gasteiger partial charge >= 0.3 is 0 Å². The Bertz CT molecular complexity index is 224. The first-order valence-corrected chi connectivity index (χ1v) is 3.85. The highest BCUT2D eigenvalue weighted by Crippen LogP contribution is 2.23. The fourth-order valence-electron chi connectivity index (χ4n) is 0.541. The Kier molecular flexibility index (Phi) is 2.78. The van der Waals surface area contributed by atoms with Gasteiger partial charge in [0.25, 0.3) is 0 Å². The van der Waals surface area contributed by atoms with E-state index >= 15 is 0 Å². The zero-order chi connectivity index (χ0) is 7.56. The minimum absolute atomic E-state index is 0.579. The molecule has 1 aromatic rings. The summed E-state index contributed by atoms with van der Waals surface area (Å²) in [5.74, 6) is 0. The highest BCUT2D eigenvalue weighted by Gasteiger charge is 2.03. The zero-order valence-electron chi connectivity index (χ0n) is 4.89. The summed E-state index contributed by atoms with van der Waals surface area (Å²) in [6, 6.07) is 3.30. The fraction of sp³-hybridized carbons (Fsp3) is 0.167. The van der Waals surface area contributed by atoms with E-state index in [2.05, 4.69) is 4.98 Å². The van der Waals surface area contributed by atoms with E-state index in [1.54, 1.807) is 18.3 Å². The first-order valence-electron chi connectivity index (χ1n) is 2.60. The van der Waals surface area contributed by atoms with Crippen molar-refractivity contribution in [3.63, 3.8) is 0 Å². The molecule has 10 heavy (non-hydrogen) atoms. The number of rotatable bonds is 1. The predicted molar refractivity (Wildman–Crippen MR) is 43.7 cm³/mol. The predicted octanol–water partition coefficient (Wildman–Crippen LogP) is 3.21. The minimum Gasteiger partial charge on any atom is -0.258 e. The van der Waals surface area contributed by atoms with Gasteiger partial charge in [-0.1, -0.05) is 34.8 Å². The van der Waals surface area contributed by atoms with Crippen LogP contribution in [0.4, 0.5) is 0 Å². The van der Waals surface area contributed by atoms with Crippen molar-refractivity contribution in [2.45, 2.75) is 4.84 Å². The second kappa shape index (κ2) is 3.42. The molecule has 1 aromatic heterocycles. The molecule has 0 N–H and O–H groups in total. The molecular formula is C6H4Cl3N. The molecule has 4 heteroatoms. The van der Waals surface area contributed by atoms with Gasteiger partial charge in [0.15, 0.2) is 0 Å². The van der Waals surface area contributed by atoms with Crippen molar-refractivity contribution in [1.29, 1.82) is 0 Å². The van der Waals surface area contributed by atoms with E-state index in [0.29, 0.717) is 10.7 Å². The summed E-state index contributed by atoms with van der Waals surface area (Å²) in [7, 11) is 0. The van der Waals surface area contributed by atoms with E-state index in [1.807, 2.05) is 0 Å². The van der Waals surface area contributed by atoms with Crippen molar-refractivity contribution in [2.75, 3.05) is 0 Å². The Hall–Kier alpha value is 0.0200. The number of alkyl halides is 2. The summed E-state index contributed by atoms with van der Waals surface area (Å²) in [4.78, 5) is 3.29. The van der Waals surface area contributed by atoms with Crippen molar-refractivity contribution in [3.05, 3.63) is 29.0 Å². The van der Waals surface area contributed by atoms with Crippen LogP contribution in [0.1, 0.15) is 10.5 Å². The summed E-state index contributed by atoms with van der Waals surface area (Å²) in [5.41, 5.74) is 0.579. The third-order valence-electron chi connectivity index (χ3n) is 0.967. The normalized spacial score (nSPS) is 10.4. The maximum Gasteiger partial charge on any atom is 0.149 e. The van der Waals surface area contributed by atoms with Crippen molar-refractivity contribution in [3.8, 4) is 0 Å². The lowest BCUT2D eigenvalue weighted by molar-refractivity contribution is 1.15. The SMILES string of the molecule is Clc1ccnc(C(Cl)Cl)c1. The maximum atomic E-state index is 5.63. The molecule has 0 amide bonds. The molecule has 0 saturated carbocycles. The zero-order valence-corrected chi connectivity index (χ0v) is 7.16. The van der Waals surface area contributed by atoms with E-state index in [9.17, 15) is 0 Å². The lowest BCUT2D eigenvalue weighted by Crippen LogP contribution is -1.85. The molecular weight excluding hydrogens is 192 g/mol. The average molecular weight is 196 g/mol. The Morgan fingerprint density at radius 2 is 2.10 bits per heavy atom. The van der Waals surface area contributed by atoms with Crippen LogP contribution in [0.25, 0.3) is 0 Å². The summed E-state index contributed by atoms with van der Waals surface area (Å²) >= 11 is 16.7. The fourth-order valence-corrected chi connectivity index (χ4v) is 0.947. The number of pyridine rings is 1. The summed E-state index contributed by atoms with van der Waals surface area (Å²) < 4.78 is 0. The van der Waals surface area contributed by atoms with Crippen LogP contribution in [0.2, 0.25) is 5.02 Å². The molecule has 0 aliphatic rings. The van der Waals surface area contributed by atoms with Crippen molar-refractivity contribution in [1.82, 2.24) is 4.98 Å². The van der Waals surface area contributed by atoms with Crippen LogP contribution in [0, 0.1) is 0 Å². The van der Waals surface area contributed by atoms with Gasteiger partial charge in [-0.2, -0.15) is 0 Å². The Balaban J connectivity index is 2.96.